The summed E-state index contributed by atoms with van der Waals surface area (Å²) in [6.45, 7) is 1.80. The van der Waals surface area contributed by atoms with Crippen LogP contribution >= 0.6 is 0 Å². The van der Waals surface area contributed by atoms with Crippen molar-refractivity contribution < 1.29 is 14.3 Å². The normalized spacial score (nSPS) is 10.5. The molecule has 0 bridgehead atoms. The van der Waals surface area contributed by atoms with Crippen molar-refractivity contribution in [3.63, 3.8) is 0 Å². The van der Waals surface area contributed by atoms with Gasteiger partial charge in [-0.15, -0.1) is 0 Å². The topological polar surface area (TPSA) is 51.3 Å². The summed E-state index contributed by atoms with van der Waals surface area (Å²) in [5, 5.41) is 0.829. The minimum Gasteiger partial charge on any atom is -0.485 e. The van der Waals surface area contributed by atoms with Gasteiger partial charge in [-0.3, -0.25) is 4.79 Å². The SMILES string of the molecule is CC(=O)Oc1c(OCc2ccccc2)ccc2[nH]ccc12. The molecule has 3 aromatic rings. The molecule has 0 saturated heterocycles. The van der Waals surface area contributed by atoms with Gasteiger partial charge < -0.3 is 14.5 Å². The molecule has 21 heavy (non-hydrogen) atoms. The number of esters is 1. The highest BCUT2D eigenvalue weighted by molar-refractivity contribution is 5.90. The Morgan fingerprint density at radius 2 is 1.90 bits per heavy atom. The molecule has 4 heteroatoms. The third-order valence-corrected chi connectivity index (χ3v) is 3.13. The zero-order valence-corrected chi connectivity index (χ0v) is 11.6. The lowest BCUT2D eigenvalue weighted by Gasteiger charge is -2.12. The minimum atomic E-state index is -0.367. The molecule has 2 aromatic carbocycles. The second kappa shape index (κ2) is 5.71. The van der Waals surface area contributed by atoms with Gasteiger partial charge >= 0.3 is 5.97 Å². The van der Waals surface area contributed by atoms with Gasteiger partial charge in [0.25, 0.3) is 0 Å². The predicted molar refractivity (Wildman–Crippen MR) is 80.4 cm³/mol. The van der Waals surface area contributed by atoms with E-state index in [0.29, 0.717) is 18.1 Å². The van der Waals surface area contributed by atoms with Crippen LogP contribution in [0.5, 0.6) is 11.5 Å². The quantitative estimate of drug-likeness (QED) is 0.586. The Labute approximate surface area is 122 Å². The Hall–Kier alpha value is -2.75. The molecule has 0 saturated carbocycles. The van der Waals surface area contributed by atoms with Crippen molar-refractivity contribution in [2.24, 2.45) is 0 Å². The van der Waals surface area contributed by atoms with Crippen LogP contribution in [0.15, 0.2) is 54.7 Å². The molecule has 1 N–H and O–H groups in total. The Kier molecular flexibility index (Phi) is 3.60. The molecular formula is C17H15NO3. The first-order valence-corrected chi connectivity index (χ1v) is 6.69. The number of H-pyrrole nitrogens is 1. The molecule has 106 valence electrons. The maximum Gasteiger partial charge on any atom is 0.308 e. The molecule has 0 aliphatic heterocycles. The standard InChI is InChI=1S/C17H15NO3/c1-12(19)21-17-14-9-10-18-15(14)7-8-16(17)20-11-13-5-3-2-4-6-13/h2-10,18H,11H2,1H3. The molecule has 0 atom stereocenters. The summed E-state index contributed by atoms with van der Waals surface area (Å²) in [5.41, 5.74) is 1.96. The summed E-state index contributed by atoms with van der Waals surface area (Å²) in [6, 6.07) is 15.4. The predicted octanol–water partition coefficient (Wildman–Crippen LogP) is 3.67. The Morgan fingerprint density at radius 1 is 1.10 bits per heavy atom. The van der Waals surface area contributed by atoms with Gasteiger partial charge in [-0.1, -0.05) is 30.3 Å². The summed E-state index contributed by atoms with van der Waals surface area (Å²) >= 11 is 0. The summed E-state index contributed by atoms with van der Waals surface area (Å²) in [5.74, 6) is 0.645. The van der Waals surface area contributed by atoms with Crippen molar-refractivity contribution >= 4 is 16.9 Å². The molecular weight excluding hydrogens is 266 g/mol. The van der Waals surface area contributed by atoms with E-state index in [1.807, 2.05) is 42.5 Å². The fraction of sp³-hybridized carbons (Fsp3) is 0.118. The second-order valence-corrected chi connectivity index (χ2v) is 4.70. The molecule has 0 spiro atoms. The molecule has 0 amide bonds. The van der Waals surface area contributed by atoms with E-state index in [1.165, 1.54) is 6.92 Å². The monoisotopic (exact) mass is 281 g/mol. The van der Waals surface area contributed by atoms with E-state index in [0.717, 1.165) is 16.5 Å². The van der Waals surface area contributed by atoms with Crippen LogP contribution < -0.4 is 9.47 Å². The molecule has 3 rings (SSSR count). The van der Waals surface area contributed by atoms with Crippen LogP contribution in [0.4, 0.5) is 0 Å². The number of fused-ring (bicyclic) bond motifs is 1. The Balaban J connectivity index is 1.91. The van der Waals surface area contributed by atoms with Gasteiger partial charge in [0.1, 0.15) is 6.61 Å². The van der Waals surface area contributed by atoms with Crippen molar-refractivity contribution in [2.75, 3.05) is 0 Å². The summed E-state index contributed by atoms with van der Waals surface area (Å²) < 4.78 is 11.1. The van der Waals surface area contributed by atoms with E-state index >= 15 is 0 Å². The second-order valence-electron chi connectivity index (χ2n) is 4.70. The van der Waals surface area contributed by atoms with Crippen LogP contribution in [0.25, 0.3) is 10.9 Å². The van der Waals surface area contributed by atoms with Gasteiger partial charge in [-0.05, 0) is 23.8 Å². The first-order valence-electron chi connectivity index (χ1n) is 6.69. The summed E-state index contributed by atoms with van der Waals surface area (Å²) in [4.78, 5) is 14.4. The number of nitrogens with one attached hydrogen (secondary N) is 1. The minimum absolute atomic E-state index is 0.367. The van der Waals surface area contributed by atoms with E-state index in [9.17, 15) is 4.79 Å². The van der Waals surface area contributed by atoms with Crippen LogP contribution in [0.3, 0.4) is 0 Å². The Morgan fingerprint density at radius 3 is 2.67 bits per heavy atom. The van der Waals surface area contributed by atoms with Crippen LogP contribution in [-0.2, 0) is 11.4 Å². The van der Waals surface area contributed by atoms with Crippen molar-refractivity contribution in [3.8, 4) is 11.5 Å². The maximum atomic E-state index is 11.3. The van der Waals surface area contributed by atoms with Crippen molar-refractivity contribution in [3.05, 3.63) is 60.3 Å². The summed E-state index contributed by atoms with van der Waals surface area (Å²) in [6.07, 6.45) is 1.80. The largest absolute Gasteiger partial charge is 0.485 e. The molecule has 0 radical (unpaired) electrons. The highest BCUT2D eigenvalue weighted by Gasteiger charge is 2.13. The molecule has 0 aliphatic carbocycles. The fourth-order valence-corrected chi connectivity index (χ4v) is 2.18. The number of benzene rings is 2. The Bertz CT molecular complexity index is 762. The molecule has 1 aromatic heterocycles. The number of hydrogen-bond acceptors (Lipinski definition) is 3. The zero-order valence-electron chi connectivity index (χ0n) is 11.6. The number of aromatic amines is 1. The number of carbonyl (C=O) groups is 1. The average molecular weight is 281 g/mol. The smallest absolute Gasteiger partial charge is 0.308 e. The number of ether oxygens (including phenoxy) is 2. The third-order valence-electron chi connectivity index (χ3n) is 3.13. The van der Waals surface area contributed by atoms with E-state index in [1.54, 1.807) is 12.3 Å². The van der Waals surface area contributed by atoms with Crippen LogP contribution in [-0.4, -0.2) is 11.0 Å². The fourth-order valence-electron chi connectivity index (χ4n) is 2.18. The number of aromatic nitrogens is 1. The first-order chi connectivity index (χ1) is 10.2. The molecule has 1 heterocycles. The maximum absolute atomic E-state index is 11.3. The average Bonchev–Trinajstić information content (AvgIpc) is 2.96. The lowest BCUT2D eigenvalue weighted by Crippen LogP contribution is -2.04. The van der Waals surface area contributed by atoms with Crippen molar-refractivity contribution in [2.45, 2.75) is 13.5 Å². The molecule has 0 fully saturated rings. The molecule has 0 aliphatic rings. The zero-order chi connectivity index (χ0) is 14.7. The molecule has 4 nitrogen and oxygen atoms in total. The van der Waals surface area contributed by atoms with Gasteiger partial charge in [-0.2, -0.15) is 0 Å². The van der Waals surface area contributed by atoms with Gasteiger partial charge in [0.05, 0.1) is 0 Å². The lowest BCUT2D eigenvalue weighted by atomic mass is 10.2. The first kappa shape index (κ1) is 13.2. The highest BCUT2D eigenvalue weighted by atomic mass is 16.6. The number of rotatable bonds is 4. The van der Waals surface area contributed by atoms with Gasteiger partial charge in [-0.25, -0.2) is 0 Å². The van der Waals surface area contributed by atoms with Crippen LogP contribution in [0.2, 0.25) is 0 Å². The van der Waals surface area contributed by atoms with Gasteiger partial charge in [0, 0.05) is 24.0 Å². The van der Waals surface area contributed by atoms with E-state index < -0.39 is 0 Å². The van der Waals surface area contributed by atoms with Crippen LogP contribution in [0, 0.1) is 0 Å². The third kappa shape index (κ3) is 2.89. The van der Waals surface area contributed by atoms with E-state index in [4.69, 9.17) is 9.47 Å². The van der Waals surface area contributed by atoms with Crippen molar-refractivity contribution in [1.82, 2.24) is 4.98 Å². The molecule has 0 unspecified atom stereocenters. The van der Waals surface area contributed by atoms with Gasteiger partial charge in [0.2, 0.25) is 0 Å². The highest BCUT2D eigenvalue weighted by Crippen LogP contribution is 2.35. The lowest BCUT2D eigenvalue weighted by molar-refractivity contribution is -0.131. The van der Waals surface area contributed by atoms with E-state index in [-0.39, 0.29) is 5.97 Å². The van der Waals surface area contributed by atoms with Crippen LogP contribution in [0.1, 0.15) is 12.5 Å². The van der Waals surface area contributed by atoms with Crippen molar-refractivity contribution in [1.29, 1.82) is 0 Å². The van der Waals surface area contributed by atoms with E-state index in [2.05, 4.69) is 4.98 Å². The number of hydrogen-bond donors (Lipinski definition) is 1. The van der Waals surface area contributed by atoms with Gasteiger partial charge in [0.15, 0.2) is 11.5 Å². The summed E-state index contributed by atoms with van der Waals surface area (Å²) in [7, 11) is 0. The number of carbonyl (C=O) groups excluding carboxylic acids is 1.